The highest BCUT2D eigenvalue weighted by atomic mass is 16.4. The normalized spacial score (nSPS) is 19.3. The van der Waals surface area contributed by atoms with Gasteiger partial charge in [0.05, 0.1) is 0 Å². The topological polar surface area (TPSA) is 57.5 Å². The Morgan fingerprint density at radius 2 is 2.08 bits per heavy atom. The summed E-state index contributed by atoms with van der Waals surface area (Å²) in [4.78, 5) is 10.1. The Balaban J connectivity index is 2.88. The third kappa shape index (κ3) is 2.33. The van der Waals surface area contributed by atoms with Gasteiger partial charge in [-0.2, -0.15) is 0 Å². The molecule has 0 fully saturated rings. The van der Waals surface area contributed by atoms with Crippen molar-refractivity contribution in [1.82, 2.24) is 0 Å². The summed E-state index contributed by atoms with van der Waals surface area (Å²) >= 11 is 0. The third-order valence-electron chi connectivity index (χ3n) is 1.69. The van der Waals surface area contributed by atoms with Crippen LogP contribution >= 0.6 is 0 Å². The van der Waals surface area contributed by atoms with E-state index in [0.717, 1.165) is 11.6 Å². The van der Waals surface area contributed by atoms with Gasteiger partial charge in [-0.3, -0.25) is 0 Å². The van der Waals surface area contributed by atoms with Gasteiger partial charge in [-0.15, -0.1) is 0 Å². The van der Waals surface area contributed by atoms with Crippen LogP contribution in [-0.2, 0) is 4.79 Å². The molecule has 1 aliphatic carbocycles. The van der Waals surface area contributed by atoms with Gasteiger partial charge in [-0.05, 0) is 18.6 Å². The fourth-order valence-corrected chi connectivity index (χ4v) is 1.04. The minimum Gasteiger partial charge on any atom is -0.507 e. The van der Waals surface area contributed by atoms with Crippen molar-refractivity contribution in [1.29, 1.82) is 0 Å². The van der Waals surface area contributed by atoms with E-state index < -0.39 is 5.97 Å². The molecular weight excluding hydrogens is 168 g/mol. The highest BCUT2D eigenvalue weighted by Crippen LogP contribution is 2.20. The molecule has 3 nitrogen and oxygen atoms in total. The molecule has 2 N–H and O–H groups in total. The Bertz CT molecular complexity index is 343. The summed E-state index contributed by atoms with van der Waals surface area (Å²) in [7, 11) is 0. The number of aliphatic carboxylic acids is 1. The van der Waals surface area contributed by atoms with E-state index in [-0.39, 0.29) is 5.76 Å². The van der Waals surface area contributed by atoms with Crippen molar-refractivity contribution < 1.29 is 15.0 Å². The minimum absolute atomic E-state index is 0.0232. The monoisotopic (exact) mass is 178 g/mol. The predicted octanol–water partition coefficient (Wildman–Crippen LogP) is 1.96. The average molecular weight is 178 g/mol. The van der Waals surface area contributed by atoms with E-state index in [1.807, 2.05) is 13.0 Å². The van der Waals surface area contributed by atoms with Crippen molar-refractivity contribution in [3.63, 3.8) is 0 Å². The van der Waals surface area contributed by atoms with E-state index >= 15 is 0 Å². The Morgan fingerprint density at radius 1 is 1.38 bits per heavy atom. The molecule has 0 atom stereocenters. The van der Waals surface area contributed by atoms with Crippen LogP contribution < -0.4 is 0 Å². The lowest BCUT2D eigenvalue weighted by atomic mass is 10.1. The summed E-state index contributed by atoms with van der Waals surface area (Å²) in [6, 6.07) is 0. The van der Waals surface area contributed by atoms with Gasteiger partial charge in [0.2, 0.25) is 0 Å². The van der Waals surface area contributed by atoms with Crippen molar-refractivity contribution in [3.05, 3.63) is 47.3 Å². The number of hydrogen-bond acceptors (Lipinski definition) is 2. The molecule has 0 radical (unpaired) electrons. The van der Waals surface area contributed by atoms with E-state index in [2.05, 4.69) is 0 Å². The van der Waals surface area contributed by atoms with Crippen LogP contribution in [0, 0.1) is 0 Å². The number of aliphatic hydroxyl groups excluding tert-OH is 1. The first kappa shape index (κ1) is 9.32. The smallest absolute Gasteiger partial charge is 0.328 e. The molecule has 0 spiro atoms. The van der Waals surface area contributed by atoms with E-state index in [9.17, 15) is 9.90 Å². The van der Waals surface area contributed by atoms with Gasteiger partial charge >= 0.3 is 5.97 Å². The predicted molar refractivity (Wildman–Crippen MR) is 49.3 cm³/mol. The Hall–Kier alpha value is -1.77. The van der Waals surface area contributed by atoms with Gasteiger partial charge in [0.1, 0.15) is 5.76 Å². The molecule has 3 heteroatoms. The molecule has 0 aromatic rings. The summed E-state index contributed by atoms with van der Waals surface area (Å²) in [6.45, 7) is 1.85. The van der Waals surface area contributed by atoms with Gasteiger partial charge in [-0.1, -0.05) is 18.2 Å². The highest BCUT2D eigenvalue weighted by molar-refractivity contribution is 5.80. The van der Waals surface area contributed by atoms with Crippen LogP contribution in [-0.4, -0.2) is 16.2 Å². The zero-order valence-corrected chi connectivity index (χ0v) is 7.19. The molecule has 1 rings (SSSR count). The fraction of sp³-hybridized carbons (Fsp3) is 0.100. The number of allylic oxidation sites excluding steroid dienone is 6. The summed E-state index contributed by atoms with van der Waals surface area (Å²) in [5.74, 6) is -1.10. The molecule has 0 heterocycles. The van der Waals surface area contributed by atoms with Crippen LogP contribution in [0.1, 0.15) is 6.92 Å². The lowest BCUT2D eigenvalue weighted by molar-refractivity contribution is -0.131. The van der Waals surface area contributed by atoms with Crippen molar-refractivity contribution in [2.45, 2.75) is 6.92 Å². The minimum atomic E-state index is -1.07. The summed E-state index contributed by atoms with van der Waals surface area (Å²) in [5, 5.41) is 17.7. The second kappa shape index (κ2) is 3.76. The van der Waals surface area contributed by atoms with Crippen LogP contribution in [0.15, 0.2) is 47.3 Å². The second-order valence-corrected chi connectivity index (χ2v) is 2.68. The maximum atomic E-state index is 10.1. The number of carboxylic acids is 1. The van der Waals surface area contributed by atoms with E-state index in [4.69, 9.17) is 5.11 Å². The van der Waals surface area contributed by atoms with Gasteiger partial charge in [0, 0.05) is 11.6 Å². The standard InChI is InChI=1S/C10H10O3/c1-7-3-2-4-8(7)9(11)5-6-10(12)13/h2-6,11H,1H3,(H,12,13). The largest absolute Gasteiger partial charge is 0.507 e. The maximum absolute atomic E-state index is 10.1. The first-order valence-corrected chi connectivity index (χ1v) is 3.81. The quantitative estimate of drug-likeness (QED) is 0.502. The van der Waals surface area contributed by atoms with Gasteiger partial charge in [0.15, 0.2) is 0 Å². The van der Waals surface area contributed by atoms with Crippen LogP contribution in [0.3, 0.4) is 0 Å². The van der Waals surface area contributed by atoms with Crippen molar-refractivity contribution in [2.75, 3.05) is 0 Å². The molecule has 0 aromatic carbocycles. The van der Waals surface area contributed by atoms with Crippen molar-refractivity contribution in [2.24, 2.45) is 0 Å². The van der Waals surface area contributed by atoms with Crippen LogP contribution in [0.25, 0.3) is 0 Å². The van der Waals surface area contributed by atoms with E-state index in [1.54, 1.807) is 12.2 Å². The van der Waals surface area contributed by atoms with Gasteiger partial charge in [0.25, 0.3) is 0 Å². The summed E-state index contributed by atoms with van der Waals surface area (Å²) < 4.78 is 0. The van der Waals surface area contributed by atoms with E-state index in [1.165, 1.54) is 6.08 Å². The summed E-state index contributed by atoms with van der Waals surface area (Å²) in [5.41, 5.74) is 1.59. The third-order valence-corrected chi connectivity index (χ3v) is 1.69. The number of aliphatic hydroxyl groups is 1. The highest BCUT2D eigenvalue weighted by Gasteiger charge is 2.05. The van der Waals surface area contributed by atoms with E-state index in [0.29, 0.717) is 5.57 Å². The van der Waals surface area contributed by atoms with Crippen molar-refractivity contribution >= 4 is 5.97 Å². The molecule has 0 aromatic heterocycles. The Labute approximate surface area is 76.0 Å². The van der Waals surface area contributed by atoms with Gasteiger partial charge < -0.3 is 10.2 Å². The molecule has 0 aliphatic heterocycles. The second-order valence-electron chi connectivity index (χ2n) is 2.68. The maximum Gasteiger partial charge on any atom is 0.328 e. The Kier molecular flexibility index (Phi) is 2.69. The zero-order chi connectivity index (χ0) is 9.84. The summed E-state index contributed by atoms with van der Waals surface area (Å²) in [6.07, 6.45) is 7.46. The van der Waals surface area contributed by atoms with Crippen LogP contribution in [0.4, 0.5) is 0 Å². The SMILES string of the molecule is CC1=CC=CC1=C(O)C=CC(=O)O. The lowest BCUT2D eigenvalue weighted by Gasteiger charge is -1.98. The van der Waals surface area contributed by atoms with Crippen LogP contribution in [0.2, 0.25) is 0 Å². The molecular formula is C10H10O3. The first-order valence-electron chi connectivity index (χ1n) is 3.81. The van der Waals surface area contributed by atoms with Gasteiger partial charge in [-0.25, -0.2) is 4.79 Å². The molecule has 0 saturated carbocycles. The fourth-order valence-electron chi connectivity index (χ4n) is 1.04. The molecule has 1 aliphatic rings. The number of carbonyl (C=O) groups is 1. The number of rotatable bonds is 2. The molecule has 0 amide bonds. The number of carboxylic acid groups (broad SMARTS) is 1. The molecule has 68 valence electrons. The molecule has 0 saturated heterocycles. The molecule has 0 unspecified atom stereocenters. The lowest BCUT2D eigenvalue weighted by Crippen LogP contribution is -1.89. The first-order chi connectivity index (χ1) is 6.11. The Morgan fingerprint density at radius 3 is 2.54 bits per heavy atom. The zero-order valence-electron chi connectivity index (χ0n) is 7.19. The number of hydrogen-bond donors (Lipinski definition) is 2. The molecule has 13 heavy (non-hydrogen) atoms. The van der Waals surface area contributed by atoms with Crippen LogP contribution in [0.5, 0.6) is 0 Å². The average Bonchev–Trinajstić information content (AvgIpc) is 2.47. The van der Waals surface area contributed by atoms with Crippen molar-refractivity contribution in [3.8, 4) is 0 Å². The molecule has 0 bridgehead atoms.